The number of para-hydroxylation sites is 1. The molecule has 2 heterocycles. The van der Waals surface area contributed by atoms with E-state index in [0.717, 1.165) is 22.4 Å². The molecule has 1 aromatic carbocycles. The fraction of sp³-hybridized carbons (Fsp3) is 0.188. The van der Waals surface area contributed by atoms with Crippen LogP contribution in [-0.4, -0.2) is 20.4 Å². The molecule has 0 aliphatic rings. The van der Waals surface area contributed by atoms with Gasteiger partial charge >= 0.3 is 0 Å². The molecular formula is C16H15N5O. The summed E-state index contributed by atoms with van der Waals surface area (Å²) in [6.07, 6.45) is 1.51. The monoisotopic (exact) mass is 293 g/mol. The van der Waals surface area contributed by atoms with E-state index in [4.69, 9.17) is 5.26 Å². The second kappa shape index (κ2) is 5.37. The van der Waals surface area contributed by atoms with Crippen LogP contribution in [0.3, 0.4) is 0 Å². The molecule has 2 aromatic heterocycles. The summed E-state index contributed by atoms with van der Waals surface area (Å²) in [5.74, 6) is 0.523. The average molecular weight is 293 g/mol. The molecule has 0 saturated heterocycles. The molecule has 0 unspecified atom stereocenters. The Bertz CT molecular complexity index is 897. The average Bonchev–Trinajstić information content (AvgIpc) is 3.11. The van der Waals surface area contributed by atoms with Gasteiger partial charge in [-0.15, -0.1) is 0 Å². The number of nitriles is 1. The number of nitrogens with one attached hydrogen (secondary N) is 2. The van der Waals surface area contributed by atoms with Crippen molar-refractivity contribution in [3.8, 4) is 6.07 Å². The van der Waals surface area contributed by atoms with Crippen LogP contribution in [0.4, 0.5) is 0 Å². The van der Waals surface area contributed by atoms with Crippen molar-refractivity contribution in [2.24, 2.45) is 7.05 Å². The standard InChI is InChI=1S/C16H15N5O/c1-10-4-3-5-12-15(10)21(2)14(20-12)9-19-16(22)13-6-11(7-17)8-18-13/h3-6,8,18H,9H2,1-2H3,(H,19,22). The molecule has 0 bridgehead atoms. The first-order chi connectivity index (χ1) is 10.6. The second-order valence-electron chi connectivity index (χ2n) is 5.13. The summed E-state index contributed by atoms with van der Waals surface area (Å²) in [7, 11) is 1.94. The van der Waals surface area contributed by atoms with Crippen molar-refractivity contribution < 1.29 is 4.79 Å². The Kier molecular flexibility index (Phi) is 3.39. The number of rotatable bonds is 3. The van der Waals surface area contributed by atoms with Crippen LogP contribution in [0.1, 0.15) is 27.4 Å². The van der Waals surface area contributed by atoms with Crippen LogP contribution in [0.25, 0.3) is 11.0 Å². The molecule has 0 saturated carbocycles. The number of carbonyl (C=O) groups is 1. The van der Waals surface area contributed by atoms with Crippen molar-refractivity contribution in [2.45, 2.75) is 13.5 Å². The number of hydrogen-bond acceptors (Lipinski definition) is 3. The minimum Gasteiger partial charge on any atom is -0.356 e. The van der Waals surface area contributed by atoms with Gasteiger partial charge in [-0.25, -0.2) is 4.98 Å². The van der Waals surface area contributed by atoms with Crippen LogP contribution in [0.15, 0.2) is 30.5 Å². The maximum absolute atomic E-state index is 12.1. The van der Waals surface area contributed by atoms with Gasteiger partial charge in [0.1, 0.15) is 17.6 Å². The molecule has 0 aliphatic carbocycles. The minimum atomic E-state index is -0.259. The Morgan fingerprint density at radius 3 is 3.00 bits per heavy atom. The van der Waals surface area contributed by atoms with Gasteiger partial charge in [0.05, 0.1) is 23.1 Å². The second-order valence-corrected chi connectivity index (χ2v) is 5.13. The topological polar surface area (TPSA) is 86.5 Å². The number of amides is 1. The highest BCUT2D eigenvalue weighted by molar-refractivity contribution is 5.92. The SMILES string of the molecule is Cc1cccc2nc(CNC(=O)c3cc(C#N)c[nH]3)n(C)c12. The zero-order chi connectivity index (χ0) is 15.7. The number of aryl methyl sites for hydroxylation is 2. The molecule has 0 aliphatic heterocycles. The molecular weight excluding hydrogens is 278 g/mol. The fourth-order valence-corrected chi connectivity index (χ4v) is 2.52. The van der Waals surface area contributed by atoms with Gasteiger partial charge in [0.2, 0.25) is 0 Å². The van der Waals surface area contributed by atoms with Gasteiger partial charge < -0.3 is 14.9 Å². The minimum absolute atomic E-state index is 0.259. The third-order valence-electron chi connectivity index (χ3n) is 3.65. The Labute approximate surface area is 127 Å². The van der Waals surface area contributed by atoms with Crippen molar-refractivity contribution >= 4 is 16.9 Å². The number of imidazole rings is 1. The van der Waals surface area contributed by atoms with Crippen molar-refractivity contribution in [3.05, 3.63) is 53.1 Å². The number of nitrogens with zero attached hydrogens (tertiary/aromatic N) is 3. The highest BCUT2D eigenvalue weighted by Gasteiger charge is 2.12. The van der Waals surface area contributed by atoms with Gasteiger partial charge in [-0.1, -0.05) is 12.1 Å². The molecule has 2 N–H and O–H groups in total. The van der Waals surface area contributed by atoms with E-state index in [1.54, 1.807) is 0 Å². The predicted molar refractivity (Wildman–Crippen MR) is 82.1 cm³/mol. The molecule has 3 aromatic rings. The normalized spacial score (nSPS) is 10.6. The predicted octanol–water partition coefficient (Wildman–Crippen LogP) is 2.01. The van der Waals surface area contributed by atoms with Gasteiger partial charge in [0.15, 0.2) is 0 Å². The maximum atomic E-state index is 12.1. The molecule has 6 heteroatoms. The first kappa shape index (κ1) is 13.9. The molecule has 0 atom stereocenters. The Morgan fingerprint density at radius 2 is 2.32 bits per heavy atom. The van der Waals surface area contributed by atoms with Crippen molar-refractivity contribution in [3.63, 3.8) is 0 Å². The largest absolute Gasteiger partial charge is 0.356 e. The van der Waals surface area contributed by atoms with Crippen LogP contribution in [0.5, 0.6) is 0 Å². The van der Waals surface area contributed by atoms with Crippen LogP contribution >= 0.6 is 0 Å². The lowest BCUT2D eigenvalue weighted by atomic mass is 10.2. The zero-order valence-electron chi connectivity index (χ0n) is 12.3. The third-order valence-corrected chi connectivity index (χ3v) is 3.65. The van der Waals surface area contributed by atoms with Crippen LogP contribution in [0.2, 0.25) is 0 Å². The Balaban J connectivity index is 1.79. The Morgan fingerprint density at radius 1 is 1.50 bits per heavy atom. The number of aromatic nitrogens is 3. The van der Waals surface area contributed by atoms with Gasteiger partial charge in [-0.2, -0.15) is 5.26 Å². The van der Waals surface area contributed by atoms with Gasteiger partial charge in [-0.05, 0) is 24.6 Å². The number of benzene rings is 1. The summed E-state index contributed by atoms with van der Waals surface area (Å²) in [4.78, 5) is 19.4. The smallest absolute Gasteiger partial charge is 0.268 e. The zero-order valence-corrected chi connectivity index (χ0v) is 12.3. The van der Waals surface area contributed by atoms with Gasteiger partial charge in [0.25, 0.3) is 5.91 Å². The van der Waals surface area contributed by atoms with Crippen molar-refractivity contribution in [2.75, 3.05) is 0 Å². The maximum Gasteiger partial charge on any atom is 0.268 e. The molecule has 0 spiro atoms. The Hall–Kier alpha value is -3.07. The summed E-state index contributed by atoms with van der Waals surface area (Å²) < 4.78 is 1.99. The lowest BCUT2D eigenvalue weighted by molar-refractivity contribution is 0.0945. The highest BCUT2D eigenvalue weighted by atomic mass is 16.1. The van der Waals surface area contributed by atoms with E-state index in [-0.39, 0.29) is 5.91 Å². The van der Waals surface area contributed by atoms with E-state index in [0.29, 0.717) is 17.8 Å². The van der Waals surface area contributed by atoms with Crippen molar-refractivity contribution in [1.82, 2.24) is 19.9 Å². The molecule has 0 radical (unpaired) electrons. The summed E-state index contributed by atoms with van der Waals surface area (Å²) >= 11 is 0. The molecule has 22 heavy (non-hydrogen) atoms. The number of hydrogen-bond donors (Lipinski definition) is 2. The van der Waals surface area contributed by atoms with Crippen LogP contribution in [0, 0.1) is 18.3 Å². The molecule has 110 valence electrons. The molecule has 0 fully saturated rings. The number of aromatic amines is 1. The first-order valence-corrected chi connectivity index (χ1v) is 6.88. The van der Waals surface area contributed by atoms with E-state index in [1.807, 2.05) is 42.8 Å². The fourth-order valence-electron chi connectivity index (χ4n) is 2.52. The summed E-state index contributed by atoms with van der Waals surface area (Å²) in [5.41, 5.74) is 3.93. The van der Waals surface area contributed by atoms with Crippen molar-refractivity contribution in [1.29, 1.82) is 5.26 Å². The number of carbonyl (C=O) groups excluding carboxylic acids is 1. The number of H-pyrrole nitrogens is 1. The highest BCUT2D eigenvalue weighted by Crippen LogP contribution is 2.18. The van der Waals surface area contributed by atoms with E-state index < -0.39 is 0 Å². The van der Waals surface area contributed by atoms with E-state index >= 15 is 0 Å². The summed E-state index contributed by atoms with van der Waals surface area (Å²) in [6.45, 7) is 2.36. The van der Waals surface area contributed by atoms with E-state index in [2.05, 4.69) is 15.3 Å². The van der Waals surface area contributed by atoms with Gasteiger partial charge in [0, 0.05) is 13.2 Å². The quantitative estimate of drug-likeness (QED) is 0.774. The lowest BCUT2D eigenvalue weighted by Gasteiger charge is -2.05. The third kappa shape index (κ3) is 2.33. The molecule has 6 nitrogen and oxygen atoms in total. The van der Waals surface area contributed by atoms with Crippen LogP contribution < -0.4 is 5.32 Å². The van der Waals surface area contributed by atoms with E-state index in [1.165, 1.54) is 12.3 Å². The molecule has 1 amide bonds. The first-order valence-electron chi connectivity index (χ1n) is 6.88. The van der Waals surface area contributed by atoms with Crippen LogP contribution in [-0.2, 0) is 13.6 Å². The lowest BCUT2D eigenvalue weighted by Crippen LogP contribution is -2.24. The summed E-state index contributed by atoms with van der Waals surface area (Å²) in [6, 6.07) is 9.46. The summed E-state index contributed by atoms with van der Waals surface area (Å²) in [5, 5.41) is 11.6. The molecule has 3 rings (SSSR count). The van der Waals surface area contributed by atoms with E-state index in [9.17, 15) is 4.79 Å². The van der Waals surface area contributed by atoms with Gasteiger partial charge in [-0.3, -0.25) is 4.79 Å². The number of fused-ring (bicyclic) bond motifs is 1.